The number of nitrogens with zero attached hydrogens (tertiary/aromatic N) is 6. The second-order valence-electron chi connectivity index (χ2n) is 9.43. The minimum Gasteiger partial charge on any atom is -0.370 e. The summed E-state index contributed by atoms with van der Waals surface area (Å²) in [7, 11) is 0. The summed E-state index contributed by atoms with van der Waals surface area (Å²) < 4.78 is 47.3. The van der Waals surface area contributed by atoms with Crippen molar-refractivity contribution in [1.29, 1.82) is 0 Å². The van der Waals surface area contributed by atoms with Gasteiger partial charge in [0.05, 0.1) is 37.0 Å². The largest absolute Gasteiger partial charge is 0.391 e. The number of halogens is 3. The van der Waals surface area contributed by atoms with E-state index in [0.29, 0.717) is 43.0 Å². The molecule has 2 saturated carbocycles. The fraction of sp³-hybridized carbons (Fsp3) is 0.565. The Kier molecular flexibility index (Phi) is 4.83. The first kappa shape index (κ1) is 20.8. The van der Waals surface area contributed by atoms with Crippen LogP contribution in [0.3, 0.4) is 0 Å². The number of aromatic nitrogens is 5. The number of ether oxygens (including phenoxy) is 1. The molecule has 3 fully saturated rings. The van der Waals surface area contributed by atoms with Crippen molar-refractivity contribution < 1.29 is 17.9 Å². The van der Waals surface area contributed by atoms with Gasteiger partial charge in [-0.2, -0.15) is 23.3 Å². The van der Waals surface area contributed by atoms with Gasteiger partial charge in [0, 0.05) is 35.3 Å². The monoisotopic (exact) mass is 458 g/mol. The molecule has 0 unspecified atom stereocenters. The zero-order valence-electron chi connectivity index (χ0n) is 18.3. The van der Waals surface area contributed by atoms with Crippen LogP contribution in [-0.4, -0.2) is 50.6 Å². The minimum absolute atomic E-state index is 0.0645. The molecule has 0 N–H and O–H groups in total. The molecule has 2 aliphatic carbocycles. The molecule has 174 valence electrons. The summed E-state index contributed by atoms with van der Waals surface area (Å²) >= 11 is 0. The first-order valence-corrected chi connectivity index (χ1v) is 11.5. The van der Waals surface area contributed by atoms with Gasteiger partial charge in [0.15, 0.2) is 5.65 Å². The van der Waals surface area contributed by atoms with Crippen molar-refractivity contribution in [2.45, 2.75) is 56.8 Å². The molecule has 6 rings (SSSR count). The van der Waals surface area contributed by atoms with Gasteiger partial charge in [0.2, 0.25) is 5.95 Å². The number of morpholine rings is 1. The summed E-state index contributed by atoms with van der Waals surface area (Å²) in [5.74, 6) is -0.988. The Balaban J connectivity index is 1.30. The fourth-order valence-electron chi connectivity index (χ4n) is 4.77. The number of hydrogen-bond acceptors (Lipinski definition) is 6. The molecule has 1 saturated heterocycles. The molecule has 1 aliphatic heterocycles. The predicted octanol–water partition coefficient (Wildman–Crippen LogP) is 4.50. The molecular weight excluding hydrogens is 433 g/mol. The zero-order valence-corrected chi connectivity index (χ0v) is 18.3. The Morgan fingerprint density at radius 1 is 1.09 bits per heavy atom. The van der Waals surface area contributed by atoms with Gasteiger partial charge in [-0.3, -0.25) is 4.68 Å². The van der Waals surface area contributed by atoms with Crippen LogP contribution in [0, 0.1) is 12.8 Å². The van der Waals surface area contributed by atoms with E-state index in [9.17, 15) is 13.2 Å². The Morgan fingerprint density at radius 2 is 1.91 bits per heavy atom. The van der Waals surface area contributed by atoms with E-state index in [1.165, 1.54) is 0 Å². The predicted molar refractivity (Wildman–Crippen MR) is 115 cm³/mol. The summed E-state index contributed by atoms with van der Waals surface area (Å²) in [6, 6.07) is 4.24. The highest BCUT2D eigenvalue weighted by Gasteiger charge is 2.49. The summed E-state index contributed by atoms with van der Waals surface area (Å²) in [4.78, 5) is 16.1. The lowest BCUT2D eigenvalue weighted by Crippen LogP contribution is -2.40. The van der Waals surface area contributed by atoms with Crippen molar-refractivity contribution in [2.75, 3.05) is 24.6 Å². The highest BCUT2D eigenvalue weighted by atomic mass is 19.4. The lowest BCUT2D eigenvalue weighted by molar-refractivity contribution is -0.197. The average molecular weight is 458 g/mol. The SMILES string of the molecule is Cc1ccc2c(n1)nc(N1CCO[C@H](c3cnn(C4CC4)c3)C1)nc2[C@H]1C[C@H](C(F)(F)F)C1. The quantitative estimate of drug-likeness (QED) is 0.574. The summed E-state index contributed by atoms with van der Waals surface area (Å²) in [5, 5.41) is 5.21. The molecule has 33 heavy (non-hydrogen) atoms. The Bertz CT molecular complexity index is 1180. The Hall–Kier alpha value is -2.75. The topological polar surface area (TPSA) is 69.0 Å². The zero-order chi connectivity index (χ0) is 22.7. The molecule has 0 radical (unpaired) electrons. The van der Waals surface area contributed by atoms with Gasteiger partial charge in [-0.1, -0.05) is 0 Å². The third-order valence-corrected chi connectivity index (χ3v) is 6.97. The highest BCUT2D eigenvalue weighted by molar-refractivity contribution is 5.79. The molecule has 3 aliphatic rings. The molecule has 4 heterocycles. The van der Waals surface area contributed by atoms with Crippen LogP contribution in [0.1, 0.15) is 60.7 Å². The second kappa shape index (κ2) is 7.65. The normalized spacial score (nSPS) is 25.9. The third-order valence-electron chi connectivity index (χ3n) is 6.97. The molecule has 0 aromatic carbocycles. The molecule has 0 amide bonds. The van der Waals surface area contributed by atoms with Crippen LogP contribution in [-0.2, 0) is 4.74 Å². The number of fused-ring (bicyclic) bond motifs is 1. The van der Waals surface area contributed by atoms with Crippen molar-refractivity contribution >= 4 is 17.0 Å². The van der Waals surface area contributed by atoms with E-state index in [1.54, 1.807) is 0 Å². The lowest BCUT2D eigenvalue weighted by Gasteiger charge is -2.37. The molecular formula is C23H25F3N6O. The van der Waals surface area contributed by atoms with Crippen molar-refractivity contribution in [3.05, 3.63) is 41.5 Å². The van der Waals surface area contributed by atoms with Crippen LogP contribution in [0.4, 0.5) is 19.1 Å². The Morgan fingerprint density at radius 3 is 2.67 bits per heavy atom. The number of pyridine rings is 1. The van der Waals surface area contributed by atoms with Crippen LogP contribution >= 0.6 is 0 Å². The van der Waals surface area contributed by atoms with Crippen LogP contribution < -0.4 is 4.90 Å². The van der Waals surface area contributed by atoms with Gasteiger partial charge in [0.25, 0.3) is 0 Å². The molecule has 1 atom stereocenters. The smallest absolute Gasteiger partial charge is 0.370 e. The fourth-order valence-corrected chi connectivity index (χ4v) is 4.77. The van der Waals surface area contributed by atoms with Crippen LogP contribution in [0.5, 0.6) is 0 Å². The van der Waals surface area contributed by atoms with E-state index < -0.39 is 12.1 Å². The lowest BCUT2D eigenvalue weighted by atomic mass is 9.72. The van der Waals surface area contributed by atoms with Crippen molar-refractivity contribution in [3.63, 3.8) is 0 Å². The number of alkyl halides is 3. The molecule has 0 bridgehead atoms. The highest BCUT2D eigenvalue weighted by Crippen LogP contribution is 2.50. The number of anilines is 1. The van der Waals surface area contributed by atoms with Gasteiger partial charge in [-0.25, -0.2) is 9.97 Å². The van der Waals surface area contributed by atoms with E-state index in [1.807, 2.05) is 29.9 Å². The second-order valence-corrected chi connectivity index (χ2v) is 9.43. The van der Waals surface area contributed by atoms with Crippen molar-refractivity contribution in [3.8, 4) is 0 Å². The molecule has 7 nitrogen and oxygen atoms in total. The van der Waals surface area contributed by atoms with E-state index in [2.05, 4.69) is 21.2 Å². The van der Waals surface area contributed by atoms with E-state index in [4.69, 9.17) is 14.7 Å². The van der Waals surface area contributed by atoms with Crippen LogP contribution in [0.2, 0.25) is 0 Å². The number of rotatable bonds is 4. The first-order chi connectivity index (χ1) is 15.8. The number of hydrogen-bond donors (Lipinski definition) is 0. The summed E-state index contributed by atoms with van der Waals surface area (Å²) in [5.41, 5.74) is 3.04. The van der Waals surface area contributed by atoms with Gasteiger partial charge < -0.3 is 9.64 Å². The maximum absolute atomic E-state index is 13.1. The summed E-state index contributed by atoms with van der Waals surface area (Å²) in [6.07, 6.45) is 2.05. The van der Waals surface area contributed by atoms with Crippen LogP contribution in [0.25, 0.3) is 11.0 Å². The molecule has 0 spiro atoms. The molecule has 3 aromatic heterocycles. The van der Waals surface area contributed by atoms with Crippen molar-refractivity contribution in [1.82, 2.24) is 24.7 Å². The molecule has 10 heteroatoms. The Labute approximate surface area is 189 Å². The third kappa shape index (κ3) is 3.94. The van der Waals surface area contributed by atoms with E-state index >= 15 is 0 Å². The molecule has 3 aromatic rings. The maximum Gasteiger partial charge on any atom is 0.391 e. The first-order valence-electron chi connectivity index (χ1n) is 11.5. The standard InChI is InChI=1S/C23H25F3N6O/c1-13-2-5-18-20(14-8-16(9-14)23(24,25)26)29-22(30-21(18)28-13)31-6-7-33-19(12-31)15-10-27-32(11-15)17-3-4-17/h2,5,10-11,14,16-17,19H,3-4,6-9,12H2,1H3/t14-,16-,19-/m0/s1. The van der Waals surface area contributed by atoms with Gasteiger partial charge in [-0.05, 0) is 44.7 Å². The minimum atomic E-state index is -4.15. The number of aryl methyl sites for hydroxylation is 1. The average Bonchev–Trinajstić information content (AvgIpc) is 3.48. The van der Waals surface area contributed by atoms with Crippen LogP contribution in [0.15, 0.2) is 24.5 Å². The van der Waals surface area contributed by atoms with Gasteiger partial charge in [0.1, 0.15) is 6.10 Å². The summed E-state index contributed by atoms with van der Waals surface area (Å²) in [6.45, 7) is 3.56. The van der Waals surface area contributed by atoms with E-state index in [-0.39, 0.29) is 24.9 Å². The van der Waals surface area contributed by atoms with Crippen molar-refractivity contribution in [2.24, 2.45) is 5.92 Å². The van der Waals surface area contributed by atoms with Gasteiger partial charge >= 0.3 is 6.18 Å². The van der Waals surface area contributed by atoms with E-state index in [0.717, 1.165) is 29.5 Å². The maximum atomic E-state index is 13.1. The van der Waals surface area contributed by atoms with Gasteiger partial charge in [-0.15, -0.1) is 0 Å².